The van der Waals surface area contributed by atoms with Crippen LogP contribution in [0.3, 0.4) is 0 Å². The summed E-state index contributed by atoms with van der Waals surface area (Å²) in [5.74, 6) is -1.02. The number of anilines is 1. The van der Waals surface area contributed by atoms with Crippen LogP contribution in [0.25, 0.3) is 10.9 Å². The summed E-state index contributed by atoms with van der Waals surface area (Å²) in [7, 11) is 1.69. The van der Waals surface area contributed by atoms with E-state index in [1.165, 1.54) is 0 Å². The number of carboxylic acid groups (broad SMARTS) is 1. The van der Waals surface area contributed by atoms with Gasteiger partial charge in [-0.2, -0.15) is 0 Å². The SMILES string of the molecule is Cn1c(=O)c(CC(Nc2ccc(Cl)cc2)C(=O)O)cc2ccccc21. The molecule has 0 saturated carbocycles. The molecule has 1 unspecified atom stereocenters. The molecule has 6 heteroatoms. The summed E-state index contributed by atoms with van der Waals surface area (Å²) >= 11 is 5.85. The number of hydrogen-bond donors (Lipinski definition) is 2. The summed E-state index contributed by atoms with van der Waals surface area (Å²) in [4.78, 5) is 24.2. The third kappa shape index (κ3) is 3.67. The lowest BCUT2D eigenvalue weighted by molar-refractivity contribution is -0.137. The largest absolute Gasteiger partial charge is 0.480 e. The molecule has 25 heavy (non-hydrogen) atoms. The molecule has 3 aromatic rings. The first-order chi connectivity index (χ1) is 12.0. The van der Waals surface area contributed by atoms with Gasteiger partial charge < -0.3 is 15.0 Å². The Morgan fingerprint density at radius 3 is 2.56 bits per heavy atom. The molecule has 0 aliphatic carbocycles. The van der Waals surface area contributed by atoms with E-state index in [1.54, 1.807) is 41.9 Å². The first-order valence-corrected chi connectivity index (χ1v) is 8.16. The smallest absolute Gasteiger partial charge is 0.326 e. The Labute approximate surface area is 149 Å². The molecular weight excluding hydrogens is 340 g/mol. The molecule has 1 heterocycles. The number of hydrogen-bond acceptors (Lipinski definition) is 3. The number of carboxylic acids is 1. The Morgan fingerprint density at radius 2 is 1.88 bits per heavy atom. The molecule has 5 nitrogen and oxygen atoms in total. The third-order valence-electron chi connectivity index (χ3n) is 4.11. The molecule has 0 aliphatic heterocycles. The fourth-order valence-corrected chi connectivity index (χ4v) is 2.93. The quantitative estimate of drug-likeness (QED) is 0.735. The number of nitrogens with zero attached hydrogens (tertiary/aromatic N) is 1. The fraction of sp³-hybridized carbons (Fsp3) is 0.158. The van der Waals surface area contributed by atoms with E-state index in [-0.39, 0.29) is 12.0 Å². The average molecular weight is 357 g/mol. The van der Waals surface area contributed by atoms with Crippen LogP contribution < -0.4 is 10.9 Å². The van der Waals surface area contributed by atoms with Gasteiger partial charge in [-0.25, -0.2) is 4.79 Å². The Hall–Kier alpha value is -2.79. The van der Waals surface area contributed by atoms with Gasteiger partial charge in [0.15, 0.2) is 0 Å². The van der Waals surface area contributed by atoms with Crippen LogP contribution in [0.1, 0.15) is 5.56 Å². The van der Waals surface area contributed by atoms with Crippen LogP contribution in [-0.2, 0) is 18.3 Å². The second kappa shape index (κ2) is 6.99. The standard InChI is InChI=1S/C19H17ClN2O3/c1-22-17-5-3-2-4-12(17)10-13(18(22)23)11-16(19(24)25)21-15-8-6-14(20)7-9-15/h2-10,16,21H,11H2,1H3,(H,24,25). The normalized spacial score (nSPS) is 12.1. The molecule has 2 aromatic carbocycles. The van der Waals surface area contributed by atoms with E-state index in [4.69, 9.17) is 11.6 Å². The lowest BCUT2D eigenvalue weighted by Gasteiger charge is -2.17. The van der Waals surface area contributed by atoms with E-state index in [0.29, 0.717) is 16.3 Å². The number of fused-ring (bicyclic) bond motifs is 1. The van der Waals surface area contributed by atoms with Crippen molar-refractivity contribution < 1.29 is 9.90 Å². The molecule has 1 aromatic heterocycles. The van der Waals surface area contributed by atoms with Gasteiger partial charge in [-0.05, 0) is 41.8 Å². The zero-order chi connectivity index (χ0) is 18.0. The molecule has 1 atom stereocenters. The van der Waals surface area contributed by atoms with Gasteiger partial charge in [0, 0.05) is 29.7 Å². The molecular formula is C19H17ClN2O3. The number of nitrogens with one attached hydrogen (secondary N) is 1. The number of pyridine rings is 1. The number of benzene rings is 2. The van der Waals surface area contributed by atoms with E-state index in [0.717, 1.165) is 10.9 Å². The molecule has 0 amide bonds. The highest BCUT2D eigenvalue weighted by molar-refractivity contribution is 6.30. The highest BCUT2D eigenvalue weighted by atomic mass is 35.5. The molecule has 3 rings (SSSR count). The molecule has 0 spiro atoms. The Balaban J connectivity index is 1.93. The van der Waals surface area contributed by atoms with Crippen LogP contribution in [0.4, 0.5) is 5.69 Å². The predicted molar refractivity (Wildman–Crippen MR) is 99.4 cm³/mol. The van der Waals surface area contributed by atoms with Gasteiger partial charge in [-0.15, -0.1) is 0 Å². The van der Waals surface area contributed by atoms with Crippen molar-refractivity contribution in [3.05, 3.63) is 75.5 Å². The summed E-state index contributed by atoms with van der Waals surface area (Å²) in [6.45, 7) is 0. The number of aromatic nitrogens is 1. The van der Waals surface area contributed by atoms with Gasteiger partial charge >= 0.3 is 5.97 Å². The van der Waals surface area contributed by atoms with Gasteiger partial charge in [-0.3, -0.25) is 4.79 Å². The number of halogens is 1. The van der Waals surface area contributed by atoms with Crippen LogP contribution in [-0.4, -0.2) is 21.7 Å². The maximum absolute atomic E-state index is 12.6. The Bertz CT molecular complexity index is 980. The van der Waals surface area contributed by atoms with Gasteiger partial charge in [0.2, 0.25) is 0 Å². The van der Waals surface area contributed by atoms with Crippen molar-refractivity contribution in [3.63, 3.8) is 0 Å². The van der Waals surface area contributed by atoms with Crippen LogP contribution in [0, 0.1) is 0 Å². The Morgan fingerprint density at radius 1 is 1.20 bits per heavy atom. The number of rotatable bonds is 5. The fourth-order valence-electron chi connectivity index (χ4n) is 2.80. The van der Waals surface area contributed by atoms with E-state index < -0.39 is 12.0 Å². The van der Waals surface area contributed by atoms with Gasteiger partial charge in [0.05, 0.1) is 5.52 Å². The van der Waals surface area contributed by atoms with Crippen molar-refractivity contribution in [2.45, 2.75) is 12.5 Å². The number of aryl methyl sites for hydroxylation is 1. The zero-order valence-corrected chi connectivity index (χ0v) is 14.3. The third-order valence-corrected chi connectivity index (χ3v) is 4.37. The van der Waals surface area contributed by atoms with Crippen molar-refractivity contribution >= 4 is 34.2 Å². The van der Waals surface area contributed by atoms with Crippen LogP contribution >= 0.6 is 11.6 Å². The van der Waals surface area contributed by atoms with Crippen molar-refractivity contribution in [2.75, 3.05) is 5.32 Å². The topological polar surface area (TPSA) is 71.3 Å². The van der Waals surface area contributed by atoms with Crippen LogP contribution in [0.15, 0.2) is 59.4 Å². The molecule has 128 valence electrons. The second-order valence-electron chi connectivity index (χ2n) is 5.84. The molecule has 0 radical (unpaired) electrons. The van der Waals surface area contributed by atoms with Crippen molar-refractivity contribution in [2.24, 2.45) is 7.05 Å². The summed E-state index contributed by atoms with van der Waals surface area (Å²) in [5, 5.41) is 13.9. The monoisotopic (exact) mass is 356 g/mol. The molecule has 0 aliphatic rings. The lowest BCUT2D eigenvalue weighted by atomic mass is 10.0. The van der Waals surface area contributed by atoms with Crippen molar-refractivity contribution in [3.8, 4) is 0 Å². The maximum Gasteiger partial charge on any atom is 0.326 e. The summed E-state index contributed by atoms with van der Waals surface area (Å²) in [6.07, 6.45) is 0.0788. The second-order valence-corrected chi connectivity index (χ2v) is 6.28. The number of carbonyl (C=O) groups is 1. The van der Waals surface area contributed by atoms with E-state index >= 15 is 0 Å². The lowest BCUT2D eigenvalue weighted by Crippen LogP contribution is -2.34. The predicted octanol–water partition coefficient (Wildman–Crippen LogP) is 3.30. The summed E-state index contributed by atoms with van der Waals surface area (Å²) < 4.78 is 1.55. The van der Waals surface area contributed by atoms with E-state index in [1.807, 2.05) is 24.3 Å². The van der Waals surface area contributed by atoms with E-state index in [9.17, 15) is 14.7 Å². The minimum absolute atomic E-state index is 0.0788. The summed E-state index contributed by atoms with van der Waals surface area (Å²) in [6, 6.07) is 15.1. The molecule has 0 bridgehead atoms. The molecule has 0 saturated heterocycles. The van der Waals surface area contributed by atoms with Gasteiger partial charge in [-0.1, -0.05) is 29.8 Å². The first kappa shape index (κ1) is 17.0. The summed E-state index contributed by atoms with van der Waals surface area (Å²) in [5.41, 5.74) is 1.71. The molecule has 2 N–H and O–H groups in total. The minimum atomic E-state index is -1.02. The van der Waals surface area contributed by atoms with Gasteiger partial charge in [0.1, 0.15) is 6.04 Å². The highest BCUT2D eigenvalue weighted by Gasteiger charge is 2.20. The minimum Gasteiger partial charge on any atom is -0.480 e. The van der Waals surface area contributed by atoms with Crippen molar-refractivity contribution in [1.82, 2.24) is 4.57 Å². The zero-order valence-electron chi connectivity index (χ0n) is 13.6. The molecule has 0 fully saturated rings. The Kier molecular flexibility index (Phi) is 4.76. The average Bonchev–Trinajstić information content (AvgIpc) is 2.60. The number of para-hydroxylation sites is 1. The van der Waals surface area contributed by atoms with Crippen LogP contribution in [0.2, 0.25) is 5.02 Å². The first-order valence-electron chi connectivity index (χ1n) is 7.78. The number of aliphatic carboxylic acids is 1. The maximum atomic E-state index is 12.6. The van der Waals surface area contributed by atoms with Crippen LogP contribution in [0.5, 0.6) is 0 Å². The highest BCUT2D eigenvalue weighted by Crippen LogP contribution is 2.17. The van der Waals surface area contributed by atoms with Gasteiger partial charge in [0.25, 0.3) is 5.56 Å². The van der Waals surface area contributed by atoms with Crippen molar-refractivity contribution in [1.29, 1.82) is 0 Å². The van der Waals surface area contributed by atoms with E-state index in [2.05, 4.69) is 5.32 Å².